The maximum Gasteiger partial charge on any atom is 0.169 e. The van der Waals surface area contributed by atoms with Gasteiger partial charge in [-0.15, -0.1) is 5.10 Å². The fraction of sp³-hybridized carbons (Fsp3) is 0.267. The average Bonchev–Trinajstić information content (AvgIpc) is 3.07. The summed E-state index contributed by atoms with van der Waals surface area (Å²) in [6.45, 7) is 4.58. The molecule has 0 atom stereocenters. The number of hydrogen-bond acceptors (Lipinski definition) is 5. The molecule has 0 aliphatic carbocycles. The van der Waals surface area contributed by atoms with E-state index in [1.54, 1.807) is 4.68 Å². The molecule has 0 unspecified atom stereocenters. The molecule has 0 bridgehead atoms. The standard InChI is InChI=1S/C15H17N5O/c1-10(2)14-15(16)17-19-20(14)9-12-8-13(18-21-12)11-6-4-3-5-7-11/h3-8,10H,9,16H2,1-2H3. The molecular weight excluding hydrogens is 266 g/mol. The van der Waals surface area contributed by atoms with Gasteiger partial charge in [-0.25, -0.2) is 4.68 Å². The fourth-order valence-electron chi connectivity index (χ4n) is 2.32. The van der Waals surface area contributed by atoms with Crippen LogP contribution in [0.1, 0.15) is 31.2 Å². The van der Waals surface area contributed by atoms with Crippen molar-refractivity contribution in [3.63, 3.8) is 0 Å². The van der Waals surface area contributed by atoms with Crippen LogP contribution in [0.5, 0.6) is 0 Å². The molecule has 3 rings (SSSR count). The smallest absolute Gasteiger partial charge is 0.169 e. The second-order valence-corrected chi connectivity index (χ2v) is 5.22. The van der Waals surface area contributed by atoms with E-state index in [-0.39, 0.29) is 5.92 Å². The number of hydrogen-bond donors (Lipinski definition) is 1. The van der Waals surface area contributed by atoms with Crippen molar-refractivity contribution in [2.24, 2.45) is 0 Å². The van der Waals surface area contributed by atoms with Gasteiger partial charge in [0.15, 0.2) is 11.6 Å². The summed E-state index contributed by atoms with van der Waals surface area (Å²) < 4.78 is 7.15. The molecule has 2 N–H and O–H groups in total. The predicted molar refractivity (Wildman–Crippen MR) is 79.6 cm³/mol. The van der Waals surface area contributed by atoms with Crippen LogP contribution in [0, 0.1) is 0 Å². The van der Waals surface area contributed by atoms with Crippen LogP contribution in [-0.4, -0.2) is 20.2 Å². The van der Waals surface area contributed by atoms with Gasteiger partial charge < -0.3 is 10.3 Å². The monoisotopic (exact) mass is 283 g/mol. The Balaban J connectivity index is 1.85. The van der Waals surface area contributed by atoms with Gasteiger partial charge in [0.05, 0.1) is 5.69 Å². The Labute approximate surface area is 122 Å². The molecule has 0 amide bonds. The molecule has 0 spiro atoms. The lowest BCUT2D eigenvalue weighted by molar-refractivity contribution is 0.369. The highest BCUT2D eigenvalue weighted by Crippen LogP contribution is 2.22. The van der Waals surface area contributed by atoms with Crippen LogP contribution in [0.4, 0.5) is 5.82 Å². The topological polar surface area (TPSA) is 82.8 Å². The van der Waals surface area contributed by atoms with Gasteiger partial charge in [-0.3, -0.25) is 0 Å². The normalized spacial score (nSPS) is 11.2. The predicted octanol–water partition coefficient (Wildman–Crippen LogP) is 2.69. The third-order valence-electron chi connectivity index (χ3n) is 3.28. The van der Waals surface area contributed by atoms with Crippen LogP contribution < -0.4 is 5.73 Å². The molecule has 6 heteroatoms. The Morgan fingerprint density at radius 1 is 1.24 bits per heavy atom. The summed E-state index contributed by atoms with van der Waals surface area (Å²) >= 11 is 0. The summed E-state index contributed by atoms with van der Waals surface area (Å²) in [5, 5.41) is 12.1. The van der Waals surface area contributed by atoms with E-state index in [4.69, 9.17) is 10.3 Å². The zero-order valence-corrected chi connectivity index (χ0v) is 12.0. The van der Waals surface area contributed by atoms with E-state index < -0.39 is 0 Å². The SMILES string of the molecule is CC(C)c1c(N)nnn1Cc1cc(-c2ccccc2)no1. The van der Waals surface area contributed by atoms with Crippen LogP contribution in [0.15, 0.2) is 40.9 Å². The minimum absolute atomic E-state index is 0.247. The fourth-order valence-corrected chi connectivity index (χ4v) is 2.32. The Kier molecular flexibility index (Phi) is 3.43. The number of nitrogen functional groups attached to an aromatic ring is 1. The minimum Gasteiger partial charge on any atom is -0.381 e. The Bertz CT molecular complexity index is 730. The number of rotatable bonds is 4. The average molecular weight is 283 g/mol. The van der Waals surface area contributed by atoms with E-state index >= 15 is 0 Å². The lowest BCUT2D eigenvalue weighted by atomic mass is 10.1. The molecule has 2 aromatic heterocycles. The summed E-state index contributed by atoms with van der Waals surface area (Å²) in [7, 11) is 0. The first-order valence-corrected chi connectivity index (χ1v) is 6.85. The quantitative estimate of drug-likeness (QED) is 0.796. The lowest BCUT2D eigenvalue weighted by Crippen LogP contribution is -2.08. The van der Waals surface area contributed by atoms with Crippen LogP contribution in [0.3, 0.4) is 0 Å². The highest BCUT2D eigenvalue weighted by atomic mass is 16.5. The van der Waals surface area contributed by atoms with E-state index in [1.165, 1.54) is 0 Å². The lowest BCUT2D eigenvalue weighted by Gasteiger charge is -2.07. The number of nitrogens with zero attached hydrogens (tertiary/aromatic N) is 4. The van der Waals surface area contributed by atoms with Crippen molar-refractivity contribution in [1.82, 2.24) is 20.2 Å². The van der Waals surface area contributed by atoms with E-state index in [9.17, 15) is 0 Å². The van der Waals surface area contributed by atoms with Crippen LogP contribution in [0.2, 0.25) is 0 Å². The summed E-state index contributed by atoms with van der Waals surface area (Å²) in [5.74, 6) is 1.44. The first-order valence-electron chi connectivity index (χ1n) is 6.85. The third-order valence-corrected chi connectivity index (χ3v) is 3.28. The molecule has 0 aliphatic rings. The number of benzene rings is 1. The van der Waals surface area contributed by atoms with Gasteiger partial charge in [0.1, 0.15) is 12.2 Å². The first kappa shape index (κ1) is 13.4. The van der Waals surface area contributed by atoms with Gasteiger partial charge in [-0.2, -0.15) is 0 Å². The number of aromatic nitrogens is 4. The molecular formula is C15H17N5O. The molecule has 3 aromatic rings. The Morgan fingerprint density at radius 3 is 2.71 bits per heavy atom. The summed E-state index contributed by atoms with van der Waals surface area (Å²) in [6.07, 6.45) is 0. The zero-order chi connectivity index (χ0) is 14.8. The van der Waals surface area contributed by atoms with Crippen molar-refractivity contribution in [2.75, 3.05) is 5.73 Å². The Morgan fingerprint density at radius 2 is 2.00 bits per heavy atom. The number of nitrogens with two attached hydrogens (primary N) is 1. The van der Waals surface area contributed by atoms with E-state index in [1.807, 2.05) is 36.4 Å². The molecule has 0 radical (unpaired) electrons. The minimum atomic E-state index is 0.247. The van der Waals surface area contributed by atoms with Gasteiger partial charge in [-0.1, -0.05) is 54.5 Å². The highest BCUT2D eigenvalue weighted by Gasteiger charge is 2.16. The molecule has 21 heavy (non-hydrogen) atoms. The third kappa shape index (κ3) is 2.65. The summed E-state index contributed by atoms with van der Waals surface area (Å²) in [4.78, 5) is 0. The van der Waals surface area contributed by atoms with Crippen LogP contribution in [0.25, 0.3) is 11.3 Å². The van der Waals surface area contributed by atoms with Gasteiger partial charge >= 0.3 is 0 Å². The number of anilines is 1. The largest absolute Gasteiger partial charge is 0.381 e. The highest BCUT2D eigenvalue weighted by molar-refractivity contribution is 5.58. The first-order chi connectivity index (χ1) is 10.1. The van der Waals surface area contributed by atoms with Crippen molar-refractivity contribution in [2.45, 2.75) is 26.3 Å². The maximum absolute atomic E-state index is 5.85. The summed E-state index contributed by atoms with van der Waals surface area (Å²) in [5.41, 5.74) is 8.59. The van der Waals surface area contributed by atoms with E-state index in [0.717, 1.165) is 22.7 Å². The van der Waals surface area contributed by atoms with Gasteiger partial charge in [0, 0.05) is 11.6 Å². The molecule has 0 saturated heterocycles. The second-order valence-electron chi connectivity index (χ2n) is 5.22. The second kappa shape index (κ2) is 5.40. The molecule has 1 aromatic carbocycles. The van der Waals surface area contributed by atoms with Gasteiger partial charge in [0.25, 0.3) is 0 Å². The van der Waals surface area contributed by atoms with Crippen molar-refractivity contribution >= 4 is 5.82 Å². The van der Waals surface area contributed by atoms with Gasteiger partial charge in [-0.05, 0) is 5.92 Å². The molecule has 2 heterocycles. The molecule has 0 saturated carbocycles. The Hall–Kier alpha value is -2.63. The van der Waals surface area contributed by atoms with Gasteiger partial charge in [0.2, 0.25) is 0 Å². The van der Waals surface area contributed by atoms with Crippen molar-refractivity contribution in [3.05, 3.63) is 47.9 Å². The van der Waals surface area contributed by atoms with Crippen LogP contribution in [-0.2, 0) is 6.54 Å². The van der Waals surface area contributed by atoms with Crippen molar-refractivity contribution in [3.8, 4) is 11.3 Å². The zero-order valence-electron chi connectivity index (χ0n) is 12.0. The van der Waals surface area contributed by atoms with Crippen molar-refractivity contribution < 1.29 is 4.52 Å². The molecule has 0 fully saturated rings. The molecule has 6 nitrogen and oxygen atoms in total. The maximum atomic E-state index is 5.85. The van der Waals surface area contributed by atoms with Crippen molar-refractivity contribution in [1.29, 1.82) is 0 Å². The van der Waals surface area contributed by atoms with E-state index in [2.05, 4.69) is 29.3 Å². The van der Waals surface area contributed by atoms with E-state index in [0.29, 0.717) is 12.4 Å². The molecule has 108 valence electrons. The van der Waals surface area contributed by atoms with Crippen LogP contribution >= 0.6 is 0 Å². The summed E-state index contributed by atoms with van der Waals surface area (Å²) in [6, 6.07) is 11.8. The molecule has 0 aliphatic heterocycles.